The molecular formula is C24H31N7O3. The van der Waals surface area contributed by atoms with E-state index in [2.05, 4.69) is 25.6 Å². The van der Waals surface area contributed by atoms with Crippen molar-refractivity contribution < 1.29 is 9.59 Å². The number of anilines is 1. The van der Waals surface area contributed by atoms with Crippen LogP contribution in [-0.4, -0.2) is 55.4 Å². The van der Waals surface area contributed by atoms with Crippen LogP contribution in [0.2, 0.25) is 0 Å². The number of piperidine rings is 1. The number of aryl methyl sites for hydroxylation is 1. The van der Waals surface area contributed by atoms with E-state index in [-0.39, 0.29) is 42.3 Å². The topological polar surface area (TPSA) is 125 Å². The summed E-state index contributed by atoms with van der Waals surface area (Å²) in [5, 5.41) is 5.94. The lowest BCUT2D eigenvalue weighted by Gasteiger charge is -2.35. The molecule has 1 aliphatic heterocycles. The average Bonchev–Trinajstić information content (AvgIpc) is 3.30. The number of carbonyl (C=O) groups is 2. The molecule has 0 spiro atoms. The number of hydrogen-bond donors (Lipinski definition) is 3. The third kappa shape index (κ3) is 5.44. The molecule has 0 aliphatic carbocycles. The molecule has 3 N–H and O–H groups in total. The predicted octanol–water partition coefficient (Wildman–Crippen LogP) is 1.95. The number of pyridine rings is 1. The van der Waals surface area contributed by atoms with Crippen LogP contribution < -0.4 is 16.2 Å². The lowest BCUT2D eigenvalue weighted by atomic mass is 9.99. The number of carbonyl (C=O) groups excluding carboxylic acids is 2. The Labute approximate surface area is 197 Å². The third-order valence-corrected chi connectivity index (χ3v) is 6.29. The maximum atomic E-state index is 12.9. The molecule has 4 heterocycles. The minimum absolute atomic E-state index is 0.0924. The van der Waals surface area contributed by atoms with E-state index in [1.807, 2.05) is 29.3 Å². The second kappa shape index (κ2) is 10.5. The van der Waals surface area contributed by atoms with E-state index in [1.54, 1.807) is 20.0 Å². The fourth-order valence-electron chi connectivity index (χ4n) is 4.42. The number of hydrogen-bond acceptors (Lipinski definition) is 6. The summed E-state index contributed by atoms with van der Waals surface area (Å²) in [5.41, 5.74) is 2.78. The molecule has 0 bridgehead atoms. The first-order valence-electron chi connectivity index (χ1n) is 11.7. The SMILES string of the molecule is CC(=O)N1CCCCC1CCNc1ncc(C)n(CC(=O)NCc2ccc3[nH]ccc3n2)c1=O. The van der Waals surface area contributed by atoms with E-state index in [9.17, 15) is 14.4 Å². The first kappa shape index (κ1) is 23.5. The molecule has 4 rings (SSSR count). The first-order valence-corrected chi connectivity index (χ1v) is 11.7. The zero-order chi connectivity index (χ0) is 24.1. The van der Waals surface area contributed by atoms with Crippen molar-refractivity contribution in [2.24, 2.45) is 0 Å². The van der Waals surface area contributed by atoms with E-state index in [0.29, 0.717) is 12.2 Å². The smallest absolute Gasteiger partial charge is 0.293 e. The highest BCUT2D eigenvalue weighted by atomic mass is 16.2. The molecule has 0 radical (unpaired) electrons. The molecule has 34 heavy (non-hydrogen) atoms. The molecule has 0 saturated carbocycles. The highest BCUT2D eigenvalue weighted by molar-refractivity contribution is 5.77. The number of rotatable bonds is 8. The molecule has 1 aliphatic rings. The number of fused-ring (bicyclic) bond motifs is 1. The Bertz CT molecular complexity index is 1230. The molecule has 10 nitrogen and oxygen atoms in total. The summed E-state index contributed by atoms with van der Waals surface area (Å²) in [6.45, 7) is 4.84. The van der Waals surface area contributed by atoms with Crippen molar-refractivity contribution in [3.05, 3.63) is 52.3 Å². The summed E-state index contributed by atoms with van der Waals surface area (Å²) in [5.74, 6) is 0.0236. The molecule has 180 valence electrons. The Morgan fingerprint density at radius 2 is 2.09 bits per heavy atom. The van der Waals surface area contributed by atoms with E-state index < -0.39 is 0 Å². The molecule has 0 aromatic carbocycles. The number of likely N-dealkylation sites (tertiary alicyclic amines) is 1. The van der Waals surface area contributed by atoms with E-state index in [1.165, 1.54) is 4.57 Å². The maximum Gasteiger partial charge on any atom is 0.293 e. The standard InChI is InChI=1S/C24H31N7O3/c1-16-13-28-23(26-10-8-19-5-3-4-12-30(19)17(2)32)24(34)31(16)15-22(33)27-14-18-6-7-20-21(29-18)9-11-25-20/h6-7,9,11,13,19,25H,3-5,8,10,12,14-15H2,1-2H3,(H,26,28)(H,27,33). The normalized spacial score (nSPS) is 15.9. The molecule has 1 fully saturated rings. The van der Waals surface area contributed by atoms with Gasteiger partial charge in [0.25, 0.3) is 5.56 Å². The summed E-state index contributed by atoms with van der Waals surface area (Å²) in [6, 6.07) is 5.82. The summed E-state index contributed by atoms with van der Waals surface area (Å²) >= 11 is 0. The molecule has 2 amide bonds. The van der Waals surface area contributed by atoms with Gasteiger partial charge in [0.15, 0.2) is 5.82 Å². The Kier molecular flexibility index (Phi) is 7.24. The highest BCUT2D eigenvalue weighted by Gasteiger charge is 2.24. The van der Waals surface area contributed by atoms with Gasteiger partial charge in [-0.3, -0.25) is 19.0 Å². The minimum atomic E-state index is -0.339. The van der Waals surface area contributed by atoms with Crippen LogP contribution in [0.4, 0.5) is 5.82 Å². The van der Waals surface area contributed by atoms with Gasteiger partial charge in [0.1, 0.15) is 6.54 Å². The van der Waals surface area contributed by atoms with Crippen LogP contribution in [0.3, 0.4) is 0 Å². The monoisotopic (exact) mass is 465 g/mol. The number of amides is 2. The Balaban J connectivity index is 1.34. The van der Waals surface area contributed by atoms with Crippen LogP contribution in [0.5, 0.6) is 0 Å². The van der Waals surface area contributed by atoms with E-state index in [4.69, 9.17) is 0 Å². The molecule has 1 unspecified atom stereocenters. The van der Waals surface area contributed by atoms with E-state index >= 15 is 0 Å². The van der Waals surface area contributed by atoms with Gasteiger partial charge in [0, 0.05) is 44.1 Å². The lowest BCUT2D eigenvalue weighted by molar-refractivity contribution is -0.132. The number of H-pyrrole nitrogens is 1. The molecule has 1 saturated heterocycles. The summed E-state index contributed by atoms with van der Waals surface area (Å²) in [6.07, 6.45) is 7.26. The van der Waals surface area contributed by atoms with Crippen molar-refractivity contribution >= 4 is 28.7 Å². The zero-order valence-corrected chi connectivity index (χ0v) is 19.6. The average molecular weight is 466 g/mol. The summed E-state index contributed by atoms with van der Waals surface area (Å²) in [4.78, 5) is 51.1. The van der Waals surface area contributed by atoms with Gasteiger partial charge in [0.2, 0.25) is 11.8 Å². The van der Waals surface area contributed by atoms with Gasteiger partial charge in [-0.1, -0.05) is 0 Å². The van der Waals surface area contributed by atoms with Gasteiger partial charge < -0.3 is 20.5 Å². The quantitative estimate of drug-likeness (QED) is 0.467. The number of aromatic nitrogens is 4. The maximum absolute atomic E-state index is 12.9. The Hall–Kier alpha value is -3.69. The Morgan fingerprint density at radius 3 is 2.91 bits per heavy atom. The summed E-state index contributed by atoms with van der Waals surface area (Å²) in [7, 11) is 0. The fourth-order valence-corrected chi connectivity index (χ4v) is 4.42. The lowest BCUT2D eigenvalue weighted by Crippen LogP contribution is -2.43. The van der Waals surface area contributed by atoms with Gasteiger partial charge in [-0.05, 0) is 50.8 Å². The highest BCUT2D eigenvalue weighted by Crippen LogP contribution is 2.19. The van der Waals surface area contributed by atoms with Crippen molar-refractivity contribution in [3.63, 3.8) is 0 Å². The van der Waals surface area contributed by atoms with Crippen molar-refractivity contribution in [2.45, 2.75) is 58.7 Å². The van der Waals surface area contributed by atoms with Crippen molar-refractivity contribution in [1.29, 1.82) is 0 Å². The van der Waals surface area contributed by atoms with Crippen molar-refractivity contribution in [3.8, 4) is 0 Å². The zero-order valence-electron chi connectivity index (χ0n) is 19.6. The van der Waals surface area contributed by atoms with Crippen LogP contribution >= 0.6 is 0 Å². The van der Waals surface area contributed by atoms with Gasteiger partial charge in [-0.25, -0.2) is 9.97 Å². The van der Waals surface area contributed by atoms with Crippen LogP contribution in [0.25, 0.3) is 11.0 Å². The molecule has 10 heteroatoms. The van der Waals surface area contributed by atoms with Crippen LogP contribution in [0.15, 0.2) is 35.4 Å². The van der Waals surface area contributed by atoms with Crippen molar-refractivity contribution in [2.75, 3.05) is 18.4 Å². The molecule has 3 aromatic rings. The Morgan fingerprint density at radius 1 is 1.24 bits per heavy atom. The minimum Gasteiger partial charge on any atom is -0.365 e. The second-order valence-electron chi connectivity index (χ2n) is 8.71. The molecule has 1 atom stereocenters. The molecule has 3 aromatic heterocycles. The number of nitrogens with one attached hydrogen (secondary N) is 3. The molecular weight excluding hydrogens is 434 g/mol. The third-order valence-electron chi connectivity index (χ3n) is 6.29. The summed E-state index contributed by atoms with van der Waals surface area (Å²) < 4.78 is 1.41. The number of aromatic amines is 1. The van der Waals surface area contributed by atoms with E-state index in [0.717, 1.165) is 49.0 Å². The van der Waals surface area contributed by atoms with Crippen LogP contribution in [-0.2, 0) is 22.7 Å². The van der Waals surface area contributed by atoms with Gasteiger partial charge >= 0.3 is 0 Å². The van der Waals surface area contributed by atoms with Gasteiger partial charge in [0.05, 0.1) is 23.3 Å². The number of nitrogens with zero attached hydrogens (tertiary/aromatic N) is 4. The fraction of sp³-hybridized carbons (Fsp3) is 0.458. The van der Waals surface area contributed by atoms with Crippen LogP contribution in [0, 0.1) is 6.92 Å². The first-order chi connectivity index (χ1) is 16.4. The van der Waals surface area contributed by atoms with Crippen molar-refractivity contribution in [1.82, 2.24) is 29.7 Å². The largest absolute Gasteiger partial charge is 0.365 e. The predicted molar refractivity (Wildman–Crippen MR) is 129 cm³/mol. The van der Waals surface area contributed by atoms with Gasteiger partial charge in [-0.15, -0.1) is 0 Å². The van der Waals surface area contributed by atoms with Gasteiger partial charge in [-0.2, -0.15) is 0 Å². The second-order valence-corrected chi connectivity index (χ2v) is 8.71. The van der Waals surface area contributed by atoms with Crippen LogP contribution in [0.1, 0.15) is 44.0 Å².